The number of benzene rings is 2. The summed E-state index contributed by atoms with van der Waals surface area (Å²) in [5, 5.41) is 0. The van der Waals surface area contributed by atoms with E-state index in [1.165, 1.54) is 12.1 Å². The summed E-state index contributed by atoms with van der Waals surface area (Å²) < 4.78 is 39.2. The van der Waals surface area contributed by atoms with E-state index in [-0.39, 0.29) is 11.8 Å². The molecule has 0 atom stereocenters. The van der Waals surface area contributed by atoms with E-state index in [0.717, 1.165) is 49.1 Å². The molecule has 1 aromatic heterocycles. The van der Waals surface area contributed by atoms with Gasteiger partial charge in [-0.3, -0.25) is 4.79 Å². The summed E-state index contributed by atoms with van der Waals surface area (Å²) in [4.78, 5) is 28.0. The Labute approximate surface area is 208 Å². The van der Waals surface area contributed by atoms with Gasteiger partial charge in [0.15, 0.2) is 0 Å². The highest BCUT2D eigenvalue weighted by Gasteiger charge is 2.33. The van der Waals surface area contributed by atoms with Crippen LogP contribution >= 0.6 is 0 Å². The summed E-state index contributed by atoms with van der Waals surface area (Å²) >= 11 is 0. The van der Waals surface area contributed by atoms with Crippen LogP contribution in [0.2, 0.25) is 0 Å². The molecule has 0 saturated carbocycles. The predicted octanol–water partition coefficient (Wildman–Crippen LogP) is 4.73. The fourth-order valence-corrected chi connectivity index (χ4v) is 4.96. The van der Waals surface area contributed by atoms with Crippen molar-refractivity contribution in [3.8, 4) is 11.3 Å². The molecule has 2 fully saturated rings. The zero-order valence-corrected chi connectivity index (χ0v) is 19.9. The van der Waals surface area contributed by atoms with Crippen LogP contribution in [0.4, 0.5) is 24.7 Å². The van der Waals surface area contributed by atoms with Crippen LogP contribution in [0.15, 0.2) is 67.0 Å². The van der Waals surface area contributed by atoms with Crippen molar-refractivity contribution in [3.05, 3.63) is 72.6 Å². The van der Waals surface area contributed by atoms with Crippen molar-refractivity contribution in [3.63, 3.8) is 0 Å². The highest BCUT2D eigenvalue weighted by Crippen LogP contribution is 2.32. The van der Waals surface area contributed by atoms with Gasteiger partial charge in [-0.15, -0.1) is 0 Å². The van der Waals surface area contributed by atoms with Gasteiger partial charge in [0, 0.05) is 62.5 Å². The maximum Gasteiger partial charge on any atom is 0.416 e. The minimum atomic E-state index is -4.36. The molecular weight excluding hydrogens is 467 g/mol. The lowest BCUT2D eigenvalue weighted by Crippen LogP contribution is -2.51. The first-order valence-electron chi connectivity index (χ1n) is 12.2. The van der Waals surface area contributed by atoms with Gasteiger partial charge in [-0.2, -0.15) is 13.2 Å². The van der Waals surface area contributed by atoms with E-state index in [4.69, 9.17) is 0 Å². The molecule has 0 bridgehead atoms. The number of rotatable bonds is 4. The van der Waals surface area contributed by atoms with Crippen LogP contribution in [0.25, 0.3) is 11.3 Å². The third kappa shape index (κ3) is 5.29. The van der Waals surface area contributed by atoms with Gasteiger partial charge >= 0.3 is 6.18 Å². The van der Waals surface area contributed by atoms with E-state index in [9.17, 15) is 18.0 Å². The maximum absolute atomic E-state index is 13.2. The molecule has 3 aromatic rings. The lowest BCUT2D eigenvalue weighted by Gasteiger charge is -2.39. The first-order valence-corrected chi connectivity index (χ1v) is 12.2. The van der Waals surface area contributed by atoms with E-state index in [2.05, 4.69) is 14.9 Å². The van der Waals surface area contributed by atoms with Crippen molar-refractivity contribution >= 4 is 17.4 Å². The molecular formula is C27H28F3N5O. The molecule has 2 aromatic carbocycles. The molecule has 188 valence electrons. The van der Waals surface area contributed by atoms with Crippen LogP contribution in [0.5, 0.6) is 0 Å². The lowest BCUT2D eigenvalue weighted by molar-refractivity contribution is -0.137. The van der Waals surface area contributed by atoms with Gasteiger partial charge < -0.3 is 14.7 Å². The van der Waals surface area contributed by atoms with Crippen LogP contribution in [0.1, 0.15) is 18.4 Å². The first-order chi connectivity index (χ1) is 17.4. The Hall–Kier alpha value is -3.62. The van der Waals surface area contributed by atoms with Crippen molar-refractivity contribution in [1.82, 2.24) is 14.9 Å². The molecule has 1 amide bonds. The SMILES string of the molecule is O=C(C1CCN(c2cc(-c3ccccc3)ncn2)CC1)N1CCN(c2cccc(C(F)(F)F)c2)CC1. The predicted molar refractivity (Wildman–Crippen MR) is 133 cm³/mol. The number of anilines is 2. The van der Waals surface area contributed by atoms with Crippen molar-refractivity contribution in [1.29, 1.82) is 0 Å². The number of amides is 1. The quantitative estimate of drug-likeness (QED) is 0.524. The van der Waals surface area contributed by atoms with Crippen molar-refractivity contribution < 1.29 is 18.0 Å². The van der Waals surface area contributed by atoms with Crippen molar-refractivity contribution in [2.45, 2.75) is 19.0 Å². The Morgan fingerprint density at radius 3 is 2.22 bits per heavy atom. The zero-order valence-electron chi connectivity index (χ0n) is 19.9. The Morgan fingerprint density at radius 2 is 1.53 bits per heavy atom. The van der Waals surface area contributed by atoms with Crippen molar-refractivity contribution in [2.24, 2.45) is 5.92 Å². The molecule has 5 rings (SSSR count). The van der Waals surface area contributed by atoms with Crippen LogP contribution in [-0.2, 0) is 11.0 Å². The zero-order chi connectivity index (χ0) is 25.1. The van der Waals surface area contributed by atoms with Crippen LogP contribution in [0, 0.1) is 5.92 Å². The summed E-state index contributed by atoms with van der Waals surface area (Å²) in [6, 6.07) is 17.4. The second kappa shape index (κ2) is 10.2. The van der Waals surface area contributed by atoms with E-state index >= 15 is 0 Å². The van der Waals surface area contributed by atoms with Gasteiger partial charge in [0.25, 0.3) is 0 Å². The third-order valence-electron chi connectivity index (χ3n) is 7.02. The second-order valence-corrected chi connectivity index (χ2v) is 9.25. The normalized spacial score (nSPS) is 17.4. The number of piperidine rings is 1. The number of alkyl halides is 3. The topological polar surface area (TPSA) is 52.6 Å². The molecule has 0 radical (unpaired) electrons. The maximum atomic E-state index is 13.2. The second-order valence-electron chi connectivity index (χ2n) is 9.25. The van der Waals surface area contributed by atoms with Gasteiger partial charge in [-0.25, -0.2) is 9.97 Å². The fourth-order valence-electron chi connectivity index (χ4n) is 4.96. The van der Waals surface area contributed by atoms with Crippen molar-refractivity contribution in [2.75, 3.05) is 49.1 Å². The molecule has 0 aliphatic carbocycles. The highest BCUT2D eigenvalue weighted by atomic mass is 19.4. The molecule has 36 heavy (non-hydrogen) atoms. The molecule has 0 unspecified atom stereocenters. The van der Waals surface area contributed by atoms with Crippen LogP contribution < -0.4 is 9.80 Å². The highest BCUT2D eigenvalue weighted by molar-refractivity contribution is 5.79. The number of aromatic nitrogens is 2. The number of carbonyl (C=O) groups is 1. The third-order valence-corrected chi connectivity index (χ3v) is 7.02. The Morgan fingerprint density at radius 1 is 0.806 bits per heavy atom. The fraction of sp³-hybridized carbons (Fsp3) is 0.370. The minimum absolute atomic E-state index is 0.0446. The lowest BCUT2D eigenvalue weighted by atomic mass is 9.95. The molecule has 9 heteroatoms. The molecule has 6 nitrogen and oxygen atoms in total. The van der Waals surface area contributed by atoms with Crippen LogP contribution in [-0.4, -0.2) is 60.0 Å². The standard InChI is InChI=1S/C27H28F3N5O/c28-27(29,30)22-7-4-8-23(17-22)33-13-15-35(16-14-33)26(36)21-9-11-34(12-10-21)25-18-24(31-19-32-25)20-5-2-1-3-6-20/h1-8,17-19,21H,9-16H2. The summed E-state index contributed by atoms with van der Waals surface area (Å²) in [6.45, 7) is 3.56. The first kappa shape index (κ1) is 24.1. The summed E-state index contributed by atoms with van der Waals surface area (Å²) in [6.07, 6.45) is -1.29. The average molecular weight is 496 g/mol. The summed E-state index contributed by atoms with van der Waals surface area (Å²) in [5.74, 6) is 0.965. The summed E-state index contributed by atoms with van der Waals surface area (Å²) in [5.41, 5.74) is 1.81. The molecule has 3 heterocycles. The van der Waals surface area contributed by atoms with Gasteiger partial charge in [0.05, 0.1) is 11.3 Å². The van der Waals surface area contributed by atoms with Gasteiger partial charge in [0.1, 0.15) is 12.1 Å². The van der Waals surface area contributed by atoms with Gasteiger partial charge in [-0.1, -0.05) is 36.4 Å². The smallest absolute Gasteiger partial charge is 0.368 e. The van der Waals surface area contributed by atoms with Crippen LogP contribution in [0.3, 0.4) is 0 Å². The number of nitrogens with zero attached hydrogens (tertiary/aromatic N) is 5. The molecule has 2 aliphatic rings. The Kier molecular flexibility index (Phi) is 6.80. The Balaban J connectivity index is 1.15. The minimum Gasteiger partial charge on any atom is -0.368 e. The van der Waals surface area contributed by atoms with Gasteiger partial charge in [-0.05, 0) is 31.0 Å². The van der Waals surface area contributed by atoms with Gasteiger partial charge in [0.2, 0.25) is 5.91 Å². The molecule has 2 aliphatic heterocycles. The average Bonchev–Trinajstić information content (AvgIpc) is 2.93. The summed E-state index contributed by atoms with van der Waals surface area (Å²) in [7, 11) is 0. The monoisotopic (exact) mass is 495 g/mol. The van der Waals surface area contributed by atoms with E-state index < -0.39 is 11.7 Å². The van der Waals surface area contributed by atoms with E-state index in [0.29, 0.717) is 31.9 Å². The number of carbonyl (C=O) groups excluding carboxylic acids is 1. The molecule has 2 saturated heterocycles. The molecule has 0 N–H and O–H groups in total. The molecule has 0 spiro atoms. The van der Waals surface area contributed by atoms with E-state index in [1.54, 1.807) is 12.4 Å². The number of halogens is 3. The Bertz CT molecular complexity index is 1190. The number of piperazine rings is 1. The number of hydrogen-bond donors (Lipinski definition) is 0. The largest absolute Gasteiger partial charge is 0.416 e. The number of hydrogen-bond acceptors (Lipinski definition) is 5. The van der Waals surface area contributed by atoms with E-state index in [1.807, 2.05) is 46.2 Å².